The number of anilines is 1. The molecule has 4 nitrogen and oxygen atoms in total. The van der Waals surface area contributed by atoms with Crippen LogP contribution in [0.5, 0.6) is 5.75 Å². The highest BCUT2D eigenvalue weighted by Crippen LogP contribution is 2.32. The minimum absolute atomic E-state index is 0.267. The second-order valence-corrected chi connectivity index (χ2v) is 5.19. The van der Waals surface area contributed by atoms with Crippen molar-refractivity contribution in [3.63, 3.8) is 0 Å². The molecule has 2 rings (SSSR count). The van der Waals surface area contributed by atoms with Crippen LogP contribution in [0.15, 0.2) is 24.3 Å². The molecule has 1 unspecified atom stereocenters. The van der Waals surface area contributed by atoms with Gasteiger partial charge in [-0.05, 0) is 24.3 Å². The maximum atomic E-state index is 14.1. The Morgan fingerprint density at radius 1 is 0.923 bits per heavy atom. The zero-order chi connectivity index (χ0) is 19.4. The van der Waals surface area contributed by atoms with E-state index in [-0.39, 0.29) is 5.69 Å². The van der Waals surface area contributed by atoms with Gasteiger partial charge < -0.3 is 14.8 Å². The fourth-order valence-electron chi connectivity index (χ4n) is 2.29. The molecule has 0 heterocycles. The molecule has 2 aromatic carbocycles. The highest BCUT2D eigenvalue weighted by molar-refractivity contribution is 5.71. The van der Waals surface area contributed by atoms with Crippen molar-refractivity contribution in [1.29, 1.82) is 0 Å². The summed E-state index contributed by atoms with van der Waals surface area (Å²) in [5, 5.41) is 2.58. The van der Waals surface area contributed by atoms with Gasteiger partial charge in [0.2, 0.25) is 5.82 Å². The van der Waals surface area contributed by atoms with Gasteiger partial charge in [-0.15, -0.1) is 0 Å². The predicted molar refractivity (Wildman–Crippen MR) is 82.2 cm³/mol. The van der Waals surface area contributed by atoms with E-state index in [0.717, 1.165) is 7.11 Å². The monoisotopic (exact) mass is 375 g/mol. The van der Waals surface area contributed by atoms with Crippen LogP contribution in [0.1, 0.15) is 18.0 Å². The Labute approximate surface area is 145 Å². The average molecular weight is 375 g/mol. The number of nitrogens with one attached hydrogen (secondary N) is 1. The van der Waals surface area contributed by atoms with Crippen LogP contribution in [0.3, 0.4) is 0 Å². The van der Waals surface area contributed by atoms with E-state index in [4.69, 9.17) is 4.74 Å². The number of hydrogen-bond donors (Lipinski definition) is 1. The minimum atomic E-state index is -2.27. The fraction of sp³-hybridized carbons (Fsp3) is 0.235. The Hall–Kier alpha value is -2.84. The topological polar surface area (TPSA) is 47.6 Å². The molecule has 1 N–H and O–H groups in total. The van der Waals surface area contributed by atoms with E-state index in [2.05, 4.69) is 10.1 Å². The van der Waals surface area contributed by atoms with E-state index in [0.29, 0.717) is 5.75 Å². The molecule has 140 valence electrons. The van der Waals surface area contributed by atoms with Crippen LogP contribution in [0.2, 0.25) is 0 Å². The summed E-state index contributed by atoms with van der Waals surface area (Å²) < 4.78 is 77.8. The van der Waals surface area contributed by atoms with Gasteiger partial charge >= 0.3 is 5.97 Å². The van der Waals surface area contributed by atoms with Crippen LogP contribution in [0.25, 0.3) is 0 Å². The molecule has 0 fully saturated rings. The zero-order valence-corrected chi connectivity index (χ0v) is 13.7. The fourth-order valence-corrected chi connectivity index (χ4v) is 2.29. The maximum absolute atomic E-state index is 14.1. The number of ether oxygens (including phenoxy) is 2. The summed E-state index contributed by atoms with van der Waals surface area (Å²) in [5.41, 5.74) is -0.883. The van der Waals surface area contributed by atoms with Crippen LogP contribution in [-0.4, -0.2) is 20.2 Å². The van der Waals surface area contributed by atoms with Crippen molar-refractivity contribution < 1.29 is 36.2 Å². The first-order chi connectivity index (χ1) is 12.3. The van der Waals surface area contributed by atoms with Crippen molar-refractivity contribution in [3.05, 3.63) is 58.9 Å². The quantitative estimate of drug-likeness (QED) is 0.357. The summed E-state index contributed by atoms with van der Waals surface area (Å²) in [7, 11) is 2.46. The lowest BCUT2D eigenvalue weighted by Crippen LogP contribution is -2.21. The molecule has 0 aromatic heterocycles. The van der Waals surface area contributed by atoms with Gasteiger partial charge in [-0.25, -0.2) is 22.0 Å². The van der Waals surface area contributed by atoms with Crippen LogP contribution in [-0.2, 0) is 9.53 Å². The first-order valence-electron chi connectivity index (χ1n) is 7.28. The molecule has 0 bridgehead atoms. The third kappa shape index (κ3) is 3.87. The molecule has 0 amide bonds. The summed E-state index contributed by atoms with van der Waals surface area (Å²) in [5.74, 6) is -10.9. The average Bonchev–Trinajstić information content (AvgIpc) is 2.65. The van der Waals surface area contributed by atoms with Crippen LogP contribution in [0, 0.1) is 29.1 Å². The van der Waals surface area contributed by atoms with E-state index in [1.165, 1.54) is 31.4 Å². The number of methoxy groups -OCH3 is 2. The van der Waals surface area contributed by atoms with Crippen molar-refractivity contribution in [2.75, 3.05) is 19.5 Å². The molecule has 0 saturated carbocycles. The Morgan fingerprint density at radius 2 is 1.42 bits per heavy atom. The Kier molecular flexibility index (Phi) is 6.01. The lowest BCUT2D eigenvalue weighted by Gasteiger charge is -2.21. The van der Waals surface area contributed by atoms with Gasteiger partial charge in [-0.1, -0.05) is 0 Å². The van der Waals surface area contributed by atoms with Crippen LogP contribution >= 0.6 is 0 Å². The molecular weight excluding hydrogens is 361 g/mol. The van der Waals surface area contributed by atoms with Crippen molar-refractivity contribution in [1.82, 2.24) is 0 Å². The third-order valence-electron chi connectivity index (χ3n) is 3.62. The number of rotatable bonds is 6. The summed E-state index contributed by atoms with van der Waals surface area (Å²) in [4.78, 5) is 11.6. The second kappa shape index (κ2) is 8.03. The molecule has 0 spiro atoms. The Balaban J connectivity index is 2.49. The van der Waals surface area contributed by atoms with E-state index in [9.17, 15) is 26.7 Å². The Morgan fingerprint density at radius 3 is 1.88 bits per heavy atom. The van der Waals surface area contributed by atoms with Gasteiger partial charge in [0.15, 0.2) is 23.3 Å². The van der Waals surface area contributed by atoms with Gasteiger partial charge in [0.25, 0.3) is 0 Å². The first kappa shape index (κ1) is 19.5. The minimum Gasteiger partial charge on any atom is -0.497 e. The van der Waals surface area contributed by atoms with Crippen molar-refractivity contribution >= 4 is 11.7 Å². The number of esters is 1. The summed E-state index contributed by atoms with van der Waals surface area (Å²) in [6.45, 7) is 0. The molecule has 1 atom stereocenters. The molecule has 0 aliphatic rings. The SMILES string of the molecule is COC(=O)CC(Nc1ccc(OC)cc1)c1c(F)c(F)c(F)c(F)c1F. The van der Waals surface area contributed by atoms with Gasteiger partial charge in [0.05, 0.1) is 32.2 Å². The van der Waals surface area contributed by atoms with Gasteiger partial charge in [-0.3, -0.25) is 4.79 Å². The van der Waals surface area contributed by atoms with Crippen molar-refractivity contribution in [2.45, 2.75) is 12.5 Å². The zero-order valence-electron chi connectivity index (χ0n) is 13.7. The van der Waals surface area contributed by atoms with Crippen LogP contribution in [0.4, 0.5) is 27.6 Å². The van der Waals surface area contributed by atoms with E-state index in [1.54, 1.807) is 0 Å². The van der Waals surface area contributed by atoms with E-state index in [1.807, 2.05) is 0 Å². The molecule has 0 radical (unpaired) electrons. The lowest BCUT2D eigenvalue weighted by molar-refractivity contribution is -0.140. The molecule has 0 saturated heterocycles. The summed E-state index contributed by atoms with van der Waals surface area (Å²) >= 11 is 0. The number of carbonyl (C=O) groups excluding carboxylic acids is 1. The van der Waals surface area contributed by atoms with Crippen molar-refractivity contribution in [2.24, 2.45) is 0 Å². The molecule has 0 aliphatic heterocycles. The molecule has 2 aromatic rings. The van der Waals surface area contributed by atoms with Gasteiger partial charge in [0.1, 0.15) is 5.75 Å². The van der Waals surface area contributed by atoms with E-state index < -0.39 is 53.1 Å². The lowest BCUT2D eigenvalue weighted by atomic mass is 10.0. The smallest absolute Gasteiger partial charge is 0.307 e. The number of hydrogen-bond acceptors (Lipinski definition) is 4. The summed E-state index contributed by atoms with van der Waals surface area (Å²) in [6.07, 6.45) is -0.666. The van der Waals surface area contributed by atoms with Crippen molar-refractivity contribution in [3.8, 4) is 5.75 Å². The number of carbonyl (C=O) groups is 1. The normalized spacial score (nSPS) is 11.8. The van der Waals surface area contributed by atoms with Gasteiger partial charge in [0, 0.05) is 5.69 Å². The first-order valence-corrected chi connectivity index (χ1v) is 7.28. The number of benzene rings is 2. The second-order valence-electron chi connectivity index (χ2n) is 5.19. The maximum Gasteiger partial charge on any atom is 0.307 e. The third-order valence-corrected chi connectivity index (χ3v) is 3.62. The summed E-state index contributed by atoms with van der Waals surface area (Å²) in [6, 6.07) is 4.37. The standard InChI is InChI=1S/C17H14F5NO3/c1-25-9-5-3-8(4-6-9)23-10(7-11(24)26-2)12-13(18)15(20)17(22)16(21)14(12)19/h3-6,10,23H,7H2,1-2H3. The Bertz CT molecular complexity index is 782. The molecule has 0 aliphatic carbocycles. The largest absolute Gasteiger partial charge is 0.497 e. The van der Waals surface area contributed by atoms with Gasteiger partial charge in [-0.2, -0.15) is 0 Å². The molecular formula is C17H14F5NO3. The number of halogens is 5. The highest BCUT2D eigenvalue weighted by atomic mass is 19.2. The van der Waals surface area contributed by atoms with E-state index >= 15 is 0 Å². The van der Waals surface area contributed by atoms with Crippen LogP contribution < -0.4 is 10.1 Å². The molecule has 26 heavy (non-hydrogen) atoms. The molecule has 9 heteroatoms. The highest BCUT2D eigenvalue weighted by Gasteiger charge is 2.31. The predicted octanol–water partition coefficient (Wildman–Crippen LogP) is 4.11.